The Morgan fingerprint density at radius 3 is 2.40 bits per heavy atom. The molecule has 2 fully saturated rings. The van der Waals surface area contributed by atoms with E-state index < -0.39 is 0 Å². The first-order valence-corrected chi connectivity index (χ1v) is 10.8. The Hall–Kier alpha value is -2.89. The molecule has 1 atom stereocenters. The molecule has 158 valence electrons. The lowest BCUT2D eigenvalue weighted by Crippen LogP contribution is -2.50. The SMILES string of the molecule is Cc1cnccc1N1CCN(C(=O)C2CC(=O)N(c3ccc(C(C)C)cc3)C2)CC1. The number of anilines is 2. The summed E-state index contributed by atoms with van der Waals surface area (Å²) in [6.45, 7) is 9.83. The van der Waals surface area contributed by atoms with Crippen molar-refractivity contribution >= 4 is 23.2 Å². The number of pyridine rings is 1. The third-order valence-corrected chi connectivity index (χ3v) is 6.27. The topological polar surface area (TPSA) is 56.8 Å². The highest BCUT2D eigenvalue weighted by molar-refractivity contribution is 6.00. The molecule has 0 spiro atoms. The maximum absolute atomic E-state index is 13.1. The number of amides is 2. The van der Waals surface area contributed by atoms with Crippen LogP contribution in [-0.4, -0.2) is 54.4 Å². The molecule has 1 aromatic carbocycles. The molecule has 4 rings (SSSR count). The summed E-state index contributed by atoms with van der Waals surface area (Å²) in [6.07, 6.45) is 3.99. The maximum atomic E-state index is 13.1. The van der Waals surface area contributed by atoms with Gasteiger partial charge in [0.1, 0.15) is 0 Å². The largest absolute Gasteiger partial charge is 0.368 e. The highest BCUT2D eigenvalue weighted by atomic mass is 16.2. The van der Waals surface area contributed by atoms with Gasteiger partial charge >= 0.3 is 0 Å². The van der Waals surface area contributed by atoms with E-state index in [2.05, 4.69) is 42.8 Å². The van der Waals surface area contributed by atoms with Crippen molar-refractivity contribution in [1.29, 1.82) is 0 Å². The predicted molar refractivity (Wildman–Crippen MR) is 119 cm³/mol. The van der Waals surface area contributed by atoms with E-state index in [1.165, 1.54) is 11.3 Å². The molecule has 0 bridgehead atoms. The molecule has 6 nitrogen and oxygen atoms in total. The van der Waals surface area contributed by atoms with Crippen molar-refractivity contribution in [3.8, 4) is 0 Å². The zero-order chi connectivity index (χ0) is 21.3. The lowest BCUT2D eigenvalue weighted by atomic mass is 10.0. The summed E-state index contributed by atoms with van der Waals surface area (Å²) in [6, 6.07) is 10.2. The van der Waals surface area contributed by atoms with E-state index >= 15 is 0 Å². The number of rotatable bonds is 4. The molecule has 2 amide bonds. The third-order valence-electron chi connectivity index (χ3n) is 6.27. The molecule has 0 N–H and O–H groups in total. The Labute approximate surface area is 178 Å². The Kier molecular flexibility index (Phi) is 5.75. The van der Waals surface area contributed by atoms with Crippen LogP contribution in [-0.2, 0) is 9.59 Å². The van der Waals surface area contributed by atoms with Crippen molar-refractivity contribution in [1.82, 2.24) is 9.88 Å². The van der Waals surface area contributed by atoms with E-state index in [1.54, 1.807) is 4.90 Å². The first-order valence-electron chi connectivity index (χ1n) is 10.8. The fraction of sp³-hybridized carbons (Fsp3) is 0.458. The molecular weight excluding hydrogens is 376 g/mol. The smallest absolute Gasteiger partial charge is 0.228 e. The molecule has 6 heteroatoms. The summed E-state index contributed by atoms with van der Waals surface area (Å²) in [7, 11) is 0. The summed E-state index contributed by atoms with van der Waals surface area (Å²) >= 11 is 0. The number of aromatic nitrogens is 1. The van der Waals surface area contributed by atoms with Gasteiger partial charge in [-0.3, -0.25) is 14.6 Å². The van der Waals surface area contributed by atoms with Gasteiger partial charge < -0.3 is 14.7 Å². The van der Waals surface area contributed by atoms with Crippen LogP contribution in [0.4, 0.5) is 11.4 Å². The average molecular weight is 407 g/mol. The minimum absolute atomic E-state index is 0.0386. The molecular formula is C24H30N4O2. The predicted octanol–water partition coefficient (Wildman–Crippen LogP) is 3.22. The van der Waals surface area contributed by atoms with Gasteiger partial charge in [-0.2, -0.15) is 0 Å². The second kappa shape index (κ2) is 8.46. The summed E-state index contributed by atoms with van der Waals surface area (Å²) in [5, 5.41) is 0. The van der Waals surface area contributed by atoms with Crippen LogP contribution in [0.25, 0.3) is 0 Å². The highest BCUT2D eigenvalue weighted by Crippen LogP contribution is 2.28. The number of carbonyl (C=O) groups is 2. The zero-order valence-electron chi connectivity index (χ0n) is 18.0. The average Bonchev–Trinajstić information content (AvgIpc) is 3.15. The van der Waals surface area contributed by atoms with Crippen LogP contribution in [0.5, 0.6) is 0 Å². The molecule has 2 aromatic rings. The number of hydrogen-bond acceptors (Lipinski definition) is 4. The molecule has 0 aliphatic carbocycles. The van der Waals surface area contributed by atoms with Crippen LogP contribution in [0.1, 0.15) is 37.3 Å². The van der Waals surface area contributed by atoms with E-state index in [4.69, 9.17) is 0 Å². The first-order chi connectivity index (χ1) is 14.4. The zero-order valence-corrected chi connectivity index (χ0v) is 18.0. The van der Waals surface area contributed by atoms with Crippen molar-refractivity contribution in [2.45, 2.75) is 33.1 Å². The van der Waals surface area contributed by atoms with Crippen LogP contribution in [0.3, 0.4) is 0 Å². The van der Waals surface area contributed by atoms with Crippen LogP contribution in [0, 0.1) is 12.8 Å². The van der Waals surface area contributed by atoms with Gasteiger partial charge in [-0.25, -0.2) is 0 Å². The fourth-order valence-electron chi connectivity index (χ4n) is 4.41. The molecule has 2 aliphatic rings. The summed E-state index contributed by atoms with van der Waals surface area (Å²) in [5.74, 6) is 0.348. The number of carbonyl (C=O) groups excluding carboxylic acids is 2. The van der Waals surface area contributed by atoms with Crippen molar-refractivity contribution in [3.05, 3.63) is 53.9 Å². The minimum Gasteiger partial charge on any atom is -0.368 e. The molecule has 2 saturated heterocycles. The van der Waals surface area contributed by atoms with Gasteiger partial charge in [-0.05, 0) is 42.2 Å². The lowest BCUT2D eigenvalue weighted by Gasteiger charge is -2.37. The number of piperazine rings is 1. The van der Waals surface area contributed by atoms with Crippen molar-refractivity contribution in [2.24, 2.45) is 5.92 Å². The molecule has 1 aromatic heterocycles. The van der Waals surface area contributed by atoms with Crippen molar-refractivity contribution in [3.63, 3.8) is 0 Å². The maximum Gasteiger partial charge on any atom is 0.228 e. The van der Waals surface area contributed by atoms with Gasteiger partial charge in [0, 0.05) is 62.9 Å². The van der Waals surface area contributed by atoms with Gasteiger partial charge in [0.25, 0.3) is 0 Å². The second-order valence-electron chi connectivity index (χ2n) is 8.63. The summed E-state index contributed by atoms with van der Waals surface area (Å²) in [5.41, 5.74) is 4.47. The fourth-order valence-corrected chi connectivity index (χ4v) is 4.41. The first kappa shape index (κ1) is 20.4. The Bertz CT molecular complexity index is 917. The van der Waals surface area contributed by atoms with E-state index in [-0.39, 0.29) is 17.7 Å². The monoisotopic (exact) mass is 406 g/mol. The highest BCUT2D eigenvalue weighted by Gasteiger charge is 2.38. The Morgan fingerprint density at radius 1 is 1.07 bits per heavy atom. The standard InChI is InChI=1S/C24H30N4O2/c1-17(2)19-4-6-21(7-5-19)28-16-20(14-23(28)29)24(30)27-12-10-26(11-13-27)22-8-9-25-15-18(22)3/h4-9,15,17,20H,10-14,16H2,1-3H3. The third kappa shape index (κ3) is 4.04. The quantitative estimate of drug-likeness (QED) is 0.782. The van der Waals surface area contributed by atoms with Gasteiger partial charge in [-0.1, -0.05) is 26.0 Å². The molecule has 2 aliphatic heterocycles. The minimum atomic E-state index is -0.253. The van der Waals surface area contributed by atoms with Crippen LogP contribution in [0.15, 0.2) is 42.7 Å². The second-order valence-corrected chi connectivity index (χ2v) is 8.63. The van der Waals surface area contributed by atoms with Gasteiger partial charge in [0.05, 0.1) is 5.92 Å². The number of nitrogens with zero attached hydrogens (tertiary/aromatic N) is 4. The summed E-state index contributed by atoms with van der Waals surface area (Å²) in [4.78, 5) is 35.9. The summed E-state index contributed by atoms with van der Waals surface area (Å²) < 4.78 is 0. The molecule has 1 unspecified atom stereocenters. The molecule has 3 heterocycles. The molecule has 30 heavy (non-hydrogen) atoms. The van der Waals surface area contributed by atoms with Crippen LogP contribution >= 0.6 is 0 Å². The Balaban J connectivity index is 1.37. The van der Waals surface area contributed by atoms with Crippen molar-refractivity contribution < 1.29 is 9.59 Å². The van der Waals surface area contributed by atoms with Crippen LogP contribution < -0.4 is 9.80 Å². The van der Waals surface area contributed by atoms with E-state index in [0.717, 1.165) is 24.3 Å². The van der Waals surface area contributed by atoms with Gasteiger partial charge in [0.15, 0.2) is 0 Å². The number of benzene rings is 1. The van der Waals surface area contributed by atoms with E-state index in [9.17, 15) is 9.59 Å². The van der Waals surface area contributed by atoms with Crippen LogP contribution in [0.2, 0.25) is 0 Å². The van der Waals surface area contributed by atoms with E-state index in [1.807, 2.05) is 35.5 Å². The lowest BCUT2D eigenvalue weighted by molar-refractivity contribution is -0.136. The normalized spacial score (nSPS) is 19.7. The number of hydrogen-bond donors (Lipinski definition) is 0. The van der Waals surface area contributed by atoms with Gasteiger partial charge in [-0.15, -0.1) is 0 Å². The van der Waals surface area contributed by atoms with Gasteiger partial charge in [0.2, 0.25) is 11.8 Å². The number of aryl methyl sites for hydroxylation is 1. The molecule has 0 radical (unpaired) electrons. The molecule has 0 saturated carbocycles. The van der Waals surface area contributed by atoms with Crippen molar-refractivity contribution in [2.75, 3.05) is 42.5 Å². The Morgan fingerprint density at radius 2 is 1.77 bits per heavy atom. The van der Waals surface area contributed by atoms with E-state index in [0.29, 0.717) is 32.0 Å².